The molecule has 8 atom stereocenters. The number of aliphatic hydroxyl groups excluding tert-OH is 3. The van der Waals surface area contributed by atoms with Crippen LogP contribution in [0.1, 0.15) is 118 Å². The molecule has 0 aromatic heterocycles. The van der Waals surface area contributed by atoms with E-state index < -0.39 is 18.6 Å². The average molecular weight is 698 g/mol. The highest BCUT2D eigenvalue weighted by Gasteiger charge is 2.36. The van der Waals surface area contributed by atoms with E-state index in [9.17, 15) is 20.1 Å². The van der Waals surface area contributed by atoms with E-state index in [0.717, 1.165) is 88.2 Å². The van der Waals surface area contributed by atoms with Gasteiger partial charge in [0.15, 0.2) is 0 Å². The van der Waals surface area contributed by atoms with Gasteiger partial charge < -0.3 is 20.6 Å². The van der Waals surface area contributed by atoms with Crippen LogP contribution >= 0.6 is 0 Å². The van der Waals surface area contributed by atoms with Crippen molar-refractivity contribution in [1.82, 2.24) is 16.0 Å². The Hall–Kier alpha value is -2.81. The third-order valence-corrected chi connectivity index (χ3v) is 12.1. The molecular weight excluding hydrogens is 635 g/mol. The SMILES string of the molecule is CC1C(C(O)NC(CC2=CC3=C(C=CCC3)CC2)[C@H](O)CC2CCC=CC2C(O)NC(C)(C)C)=CCCC1NC(=O)C1=CC2=C(CCC=C2)CC1. The number of nitrogens with one attached hydrogen (secondary N) is 3. The number of carbonyl (C=O) groups is 1. The molecule has 7 unspecified atom stereocenters. The Morgan fingerprint density at radius 2 is 1.69 bits per heavy atom. The Morgan fingerprint density at radius 3 is 2.51 bits per heavy atom. The van der Waals surface area contributed by atoms with Crippen LogP contribution in [0.15, 0.2) is 93.7 Å². The molecule has 0 saturated carbocycles. The van der Waals surface area contributed by atoms with Crippen molar-refractivity contribution in [2.75, 3.05) is 0 Å². The fourth-order valence-corrected chi connectivity index (χ4v) is 9.16. The smallest absolute Gasteiger partial charge is 0.247 e. The summed E-state index contributed by atoms with van der Waals surface area (Å²) in [7, 11) is 0. The van der Waals surface area contributed by atoms with Gasteiger partial charge in [-0.25, -0.2) is 0 Å². The molecule has 51 heavy (non-hydrogen) atoms. The molecule has 6 aliphatic carbocycles. The van der Waals surface area contributed by atoms with E-state index >= 15 is 0 Å². The highest BCUT2D eigenvalue weighted by molar-refractivity contribution is 5.94. The standard InChI is InChI=1S/C44H63N3O4/c1-28-36(18-11-19-38(28)45-41(49)35-23-22-31-13-6-8-15-33(31)26-35)42(50)46-39(25-29-20-21-30-12-5-7-14-32(30)24-29)40(48)27-34-16-9-10-17-37(34)43(51)47-44(2,3)4/h5,8,10,12,15,17-18,24,26,28,34,37-40,42-43,46-48,50-51H,6-7,9,11,13-14,16,19-23,25,27H2,1-4H3,(H,45,49)/t28?,34?,37?,38?,39?,40-,42?,43?/m1/s1. The molecule has 0 heterocycles. The van der Waals surface area contributed by atoms with Crippen LogP contribution in [0, 0.1) is 17.8 Å². The van der Waals surface area contributed by atoms with Gasteiger partial charge in [-0.1, -0.05) is 66.7 Å². The van der Waals surface area contributed by atoms with Crippen LogP contribution in [-0.2, 0) is 4.79 Å². The summed E-state index contributed by atoms with van der Waals surface area (Å²) in [6, 6.07) is -0.443. The summed E-state index contributed by atoms with van der Waals surface area (Å²) in [6.07, 6.45) is 29.9. The predicted octanol–water partition coefficient (Wildman–Crippen LogP) is 7.27. The maximum atomic E-state index is 13.5. The molecule has 6 rings (SSSR count). The van der Waals surface area contributed by atoms with Crippen LogP contribution in [-0.4, -0.2) is 57.4 Å². The summed E-state index contributed by atoms with van der Waals surface area (Å²) in [5, 5.41) is 45.3. The first-order valence-electron chi connectivity index (χ1n) is 19.9. The molecule has 0 spiro atoms. The molecule has 0 aromatic rings. The zero-order valence-corrected chi connectivity index (χ0v) is 31.5. The van der Waals surface area contributed by atoms with E-state index in [1.54, 1.807) is 0 Å². The van der Waals surface area contributed by atoms with Gasteiger partial charge in [-0.2, -0.15) is 0 Å². The maximum absolute atomic E-state index is 13.5. The maximum Gasteiger partial charge on any atom is 0.247 e. The minimum Gasteiger partial charge on any atom is -0.391 e. The summed E-state index contributed by atoms with van der Waals surface area (Å²) < 4.78 is 0. The number of hydrogen-bond donors (Lipinski definition) is 6. The van der Waals surface area contributed by atoms with E-state index in [0.29, 0.717) is 12.8 Å². The second-order valence-corrected chi connectivity index (χ2v) is 17.0. The molecule has 0 fully saturated rings. The molecule has 0 bridgehead atoms. The summed E-state index contributed by atoms with van der Waals surface area (Å²) in [5.74, 6) is -0.0508. The summed E-state index contributed by atoms with van der Waals surface area (Å²) >= 11 is 0. The summed E-state index contributed by atoms with van der Waals surface area (Å²) in [5.41, 5.74) is 8.30. The molecule has 1 amide bonds. The Morgan fingerprint density at radius 1 is 0.882 bits per heavy atom. The first-order valence-corrected chi connectivity index (χ1v) is 19.9. The zero-order valence-electron chi connectivity index (χ0n) is 31.5. The van der Waals surface area contributed by atoms with Gasteiger partial charge in [-0.3, -0.25) is 15.4 Å². The van der Waals surface area contributed by atoms with Crippen molar-refractivity contribution in [2.24, 2.45) is 17.8 Å². The first kappa shape index (κ1) is 37.9. The fourth-order valence-electron chi connectivity index (χ4n) is 9.16. The number of allylic oxidation sites excluding steroid dienone is 12. The van der Waals surface area contributed by atoms with Crippen LogP contribution in [0.25, 0.3) is 0 Å². The number of amides is 1. The lowest BCUT2D eigenvalue weighted by Crippen LogP contribution is -2.52. The van der Waals surface area contributed by atoms with Gasteiger partial charge >= 0.3 is 0 Å². The predicted molar refractivity (Wildman–Crippen MR) is 206 cm³/mol. The lowest BCUT2D eigenvalue weighted by molar-refractivity contribution is -0.118. The van der Waals surface area contributed by atoms with Crippen molar-refractivity contribution in [3.05, 3.63) is 93.7 Å². The van der Waals surface area contributed by atoms with Gasteiger partial charge in [0, 0.05) is 35.0 Å². The molecule has 0 aromatic carbocycles. The molecule has 7 heteroatoms. The van der Waals surface area contributed by atoms with Gasteiger partial charge in [0.1, 0.15) is 12.5 Å². The Bertz CT molecular complexity index is 1530. The summed E-state index contributed by atoms with van der Waals surface area (Å²) in [4.78, 5) is 13.5. The third kappa shape index (κ3) is 9.79. The normalized spacial score (nSPS) is 29.0. The second-order valence-electron chi connectivity index (χ2n) is 17.0. The van der Waals surface area contributed by atoms with Crippen LogP contribution in [0.3, 0.4) is 0 Å². The third-order valence-electron chi connectivity index (χ3n) is 12.1. The van der Waals surface area contributed by atoms with E-state index in [1.807, 2.05) is 0 Å². The fraction of sp³-hybridized carbons (Fsp3) is 0.614. The van der Waals surface area contributed by atoms with E-state index in [4.69, 9.17) is 0 Å². The van der Waals surface area contributed by atoms with Crippen molar-refractivity contribution < 1.29 is 20.1 Å². The molecule has 7 nitrogen and oxygen atoms in total. The Balaban J connectivity index is 1.15. The van der Waals surface area contributed by atoms with Crippen molar-refractivity contribution in [1.29, 1.82) is 0 Å². The van der Waals surface area contributed by atoms with Gasteiger partial charge in [-0.05, 0) is 145 Å². The zero-order chi connectivity index (χ0) is 36.1. The topological polar surface area (TPSA) is 114 Å². The van der Waals surface area contributed by atoms with E-state index in [2.05, 4.69) is 98.3 Å². The lowest BCUT2D eigenvalue weighted by Gasteiger charge is -2.39. The van der Waals surface area contributed by atoms with Gasteiger partial charge in [-0.15, -0.1) is 0 Å². The monoisotopic (exact) mass is 697 g/mol. The van der Waals surface area contributed by atoms with E-state index in [1.165, 1.54) is 27.9 Å². The van der Waals surface area contributed by atoms with Gasteiger partial charge in [0.25, 0.3) is 0 Å². The average Bonchev–Trinajstić information content (AvgIpc) is 3.11. The minimum atomic E-state index is -0.944. The number of carbonyl (C=O) groups excluding carboxylic acids is 1. The van der Waals surface area contributed by atoms with Crippen molar-refractivity contribution >= 4 is 5.91 Å². The molecular formula is C44H63N3O4. The number of aliphatic hydroxyl groups is 3. The Labute approximate surface area is 306 Å². The number of hydrogen-bond acceptors (Lipinski definition) is 6. The van der Waals surface area contributed by atoms with Crippen LogP contribution in [0.5, 0.6) is 0 Å². The number of rotatable bonds is 12. The molecule has 6 N–H and O–H groups in total. The highest BCUT2D eigenvalue weighted by Crippen LogP contribution is 2.37. The van der Waals surface area contributed by atoms with Gasteiger partial charge in [0.05, 0.1) is 6.10 Å². The minimum absolute atomic E-state index is 0.00376. The van der Waals surface area contributed by atoms with Crippen molar-refractivity contribution in [2.45, 2.75) is 154 Å². The highest BCUT2D eigenvalue weighted by atomic mass is 16.3. The van der Waals surface area contributed by atoms with Crippen LogP contribution in [0.4, 0.5) is 0 Å². The quantitative estimate of drug-likeness (QED) is 0.0945. The second kappa shape index (κ2) is 16.9. The Kier molecular flexibility index (Phi) is 12.6. The van der Waals surface area contributed by atoms with Crippen molar-refractivity contribution in [3.8, 4) is 0 Å². The molecule has 278 valence electrons. The van der Waals surface area contributed by atoms with Gasteiger partial charge in [0.2, 0.25) is 5.91 Å². The molecule has 6 aliphatic rings. The largest absolute Gasteiger partial charge is 0.391 e. The van der Waals surface area contributed by atoms with Crippen LogP contribution in [0.2, 0.25) is 0 Å². The van der Waals surface area contributed by atoms with Crippen LogP contribution < -0.4 is 16.0 Å². The lowest BCUT2D eigenvalue weighted by atomic mass is 9.77. The summed E-state index contributed by atoms with van der Waals surface area (Å²) in [6.45, 7) is 8.27. The first-order chi connectivity index (χ1) is 24.4. The molecule has 0 radical (unpaired) electrons. The van der Waals surface area contributed by atoms with Crippen molar-refractivity contribution in [3.63, 3.8) is 0 Å². The molecule has 0 saturated heterocycles. The molecule has 0 aliphatic heterocycles. The van der Waals surface area contributed by atoms with E-state index in [-0.39, 0.29) is 41.3 Å².